The molecule has 4 nitrogen and oxygen atoms in total. The lowest BCUT2D eigenvalue weighted by Gasteiger charge is -2.12. The van der Waals surface area contributed by atoms with Gasteiger partial charge in [-0.1, -0.05) is 6.92 Å². The lowest BCUT2D eigenvalue weighted by atomic mass is 10.1. The topological polar surface area (TPSA) is 58.2 Å². The molecule has 2 rings (SSSR count). The van der Waals surface area contributed by atoms with Crippen LogP contribution in [-0.4, -0.2) is 22.0 Å². The van der Waals surface area contributed by atoms with Crippen molar-refractivity contribution in [2.45, 2.75) is 37.6 Å². The van der Waals surface area contributed by atoms with Gasteiger partial charge in [0.25, 0.3) is 0 Å². The van der Waals surface area contributed by atoms with Gasteiger partial charge in [0.15, 0.2) is 0 Å². The van der Waals surface area contributed by atoms with E-state index in [0.29, 0.717) is 18.0 Å². The van der Waals surface area contributed by atoms with Gasteiger partial charge in [-0.25, -0.2) is 13.1 Å². The van der Waals surface area contributed by atoms with E-state index < -0.39 is 10.0 Å². The SMILES string of the molecule is CCC1(CNS(=O)(=O)c2csc(CNC)c2)CC1. The molecule has 1 aliphatic carbocycles. The van der Waals surface area contributed by atoms with Crippen LogP contribution in [-0.2, 0) is 16.6 Å². The highest BCUT2D eigenvalue weighted by atomic mass is 32.2. The largest absolute Gasteiger partial charge is 0.315 e. The van der Waals surface area contributed by atoms with Crippen molar-refractivity contribution in [3.63, 3.8) is 0 Å². The second-order valence-electron chi connectivity index (χ2n) is 4.96. The molecule has 0 atom stereocenters. The second-order valence-corrected chi connectivity index (χ2v) is 7.72. The number of sulfonamides is 1. The number of hydrogen-bond acceptors (Lipinski definition) is 4. The van der Waals surface area contributed by atoms with Gasteiger partial charge < -0.3 is 5.32 Å². The molecule has 0 amide bonds. The highest BCUT2D eigenvalue weighted by molar-refractivity contribution is 7.89. The maximum atomic E-state index is 12.1. The molecule has 1 aliphatic rings. The highest BCUT2D eigenvalue weighted by Gasteiger charge is 2.41. The van der Waals surface area contributed by atoms with Gasteiger partial charge in [0.2, 0.25) is 10.0 Å². The fraction of sp³-hybridized carbons (Fsp3) is 0.667. The van der Waals surface area contributed by atoms with Crippen LogP contribution in [0.5, 0.6) is 0 Å². The molecule has 0 saturated heterocycles. The summed E-state index contributed by atoms with van der Waals surface area (Å²) in [6, 6.07) is 1.75. The first-order chi connectivity index (χ1) is 8.51. The third-order valence-electron chi connectivity index (χ3n) is 3.64. The first-order valence-corrected chi connectivity index (χ1v) is 8.59. The van der Waals surface area contributed by atoms with Gasteiger partial charge in [-0.2, -0.15) is 0 Å². The van der Waals surface area contributed by atoms with Crippen LogP contribution in [0.3, 0.4) is 0 Å². The Morgan fingerprint density at radius 1 is 1.44 bits per heavy atom. The van der Waals surface area contributed by atoms with Gasteiger partial charge in [0, 0.05) is 23.3 Å². The lowest BCUT2D eigenvalue weighted by Crippen LogP contribution is -2.29. The van der Waals surface area contributed by atoms with E-state index in [2.05, 4.69) is 17.0 Å². The summed E-state index contributed by atoms with van der Waals surface area (Å²) in [4.78, 5) is 1.43. The predicted octanol–water partition coefficient (Wildman–Crippen LogP) is 1.94. The summed E-state index contributed by atoms with van der Waals surface area (Å²) >= 11 is 1.47. The van der Waals surface area contributed by atoms with E-state index in [1.165, 1.54) is 11.3 Å². The van der Waals surface area contributed by atoms with Crippen molar-refractivity contribution >= 4 is 21.4 Å². The van der Waals surface area contributed by atoms with Crippen LogP contribution in [0.15, 0.2) is 16.3 Å². The number of nitrogens with one attached hydrogen (secondary N) is 2. The normalized spacial score (nSPS) is 17.9. The van der Waals surface area contributed by atoms with Gasteiger partial charge >= 0.3 is 0 Å². The Morgan fingerprint density at radius 3 is 2.72 bits per heavy atom. The van der Waals surface area contributed by atoms with Crippen LogP contribution >= 0.6 is 11.3 Å². The van der Waals surface area contributed by atoms with E-state index >= 15 is 0 Å². The van der Waals surface area contributed by atoms with Crippen LogP contribution < -0.4 is 10.0 Å². The third-order valence-corrected chi connectivity index (χ3v) is 6.10. The summed E-state index contributed by atoms with van der Waals surface area (Å²) in [6.45, 7) is 3.40. The summed E-state index contributed by atoms with van der Waals surface area (Å²) in [5, 5.41) is 4.73. The van der Waals surface area contributed by atoms with Crippen molar-refractivity contribution < 1.29 is 8.42 Å². The molecule has 1 heterocycles. The molecule has 2 N–H and O–H groups in total. The van der Waals surface area contributed by atoms with Crippen molar-refractivity contribution in [2.24, 2.45) is 5.41 Å². The van der Waals surface area contributed by atoms with E-state index in [9.17, 15) is 8.42 Å². The van der Waals surface area contributed by atoms with Crippen molar-refractivity contribution in [3.8, 4) is 0 Å². The standard InChI is InChI=1S/C12H20N2O2S2/c1-3-12(4-5-12)9-14-18(15,16)11-6-10(7-13-2)17-8-11/h6,8,13-14H,3-5,7,9H2,1-2H3. The van der Waals surface area contributed by atoms with Crippen LogP contribution in [0.25, 0.3) is 0 Å². The molecule has 0 radical (unpaired) electrons. The second kappa shape index (κ2) is 5.28. The Kier molecular flexibility index (Phi) is 4.11. The number of thiophene rings is 1. The van der Waals surface area contributed by atoms with E-state index in [1.807, 2.05) is 7.05 Å². The molecular formula is C12H20N2O2S2. The van der Waals surface area contributed by atoms with Gasteiger partial charge in [0.1, 0.15) is 0 Å². The van der Waals surface area contributed by atoms with Crippen molar-refractivity contribution in [3.05, 3.63) is 16.3 Å². The Morgan fingerprint density at radius 2 is 2.17 bits per heavy atom. The minimum absolute atomic E-state index is 0.233. The van der Waals surface area contributed by atoms with Crippen molar-refractivity contribution in [1.29, 1.82) is 0 Å². The summed E-state index contributed by atoms with van der Waals surface area (Å²) in [6.07, 6.45) is 3.32. The highest BCUT2D eigenvalue weighted by Crippen LogP contribution is 2.48. The molecule has 18 heavy (non-hydrogen) atoms. The zero-order valence-corrected chi connectivity index (χ0v) is 12.5. The molecule has 0 aliphatic heterocycles. The average Bonchev–Trinajstić information content (AvgIpc) is 2.98. The Bertz CT molecular complexity index is 504. The van der Waals surface area contributed by atoms with E-state index in [4.69, 9.17) is 0 Å². The van der Waals surface area contributed by atoms with E-state index in [0.717, 1.165) is 24.1 Å². The average molecular weight is 288 g/mol. The van der Waals surface area contributed by atoms with Crippen LogP contribution in [0.2, 0.25) is 0 Å². The summed E-state index contributed by atoms with van der Waals surface area (Å²) in [5.41, 5.74) is 0.233. The fourth-order valence-corrected chi connectivity index (χ4v) is 4.38. The summed E-state index contributed by atoms with van der Waals surface area (Å²) in [5.74, 6) is 0. The number of hydrogen-bond donors (Lipinski definition) is 2. The molecular weight excluding hydrogens is 268 g/mol. The lowest BCUT2D eigenvalue weighted by molar-refractivity contribution is 0.476. The minimum Gasteiger partial charge on any atom is -0.315 e. The molecule has 1 saturated carbocycles. The summed E-state index contributed by atoms with van der Waals surface area (Å²) in [7, 11) is -1.48. The monoisotopic (exact) mass is 288 g/mol. The van der Waals surface area contributed by atoms with Gasteiger partial charge in [-0.3, -0.25) is 0 Å². The van der Waals surface area contributed by atoms with Crippen molar-refractivity contribution in [1.82, 2.24) is 10.0 Å². The molecule has 0 aromatic carbocycles. The van der Waals surface area contributed by atoms with Gasteiger partial charge in [0.05, 0.1) is 4.90 Å². The van der Waals surface area contributed by atoms with Gasteiger partial charge in [-0.15, -0.1) is 11.3 Å². The maximum Gasteiger partial charge on any atom is 0.241 e. The smallest absolute Gasteiger partial charge is 0.241 e. The molecule has 0 unspecified atom stereocenters. The molecule has 1 fully saturated rings. The zero-order chi connectivity index (χ0) is 13.2. The first kappa shape index (κ1) is 14.0. The van der Waals surface area contributed by atoms with E-state index in [1.54, 1.807) is 11.4 Å². The Balaban J connectivity index is 2.01. The molecule has 6 heteroatoms. The van der Waals surface area contributed by atoms with Crippen molar-refractivity contribution in [2.75, 3.05) is 13.6 Å². The Labute approximate surface area is 113 Å². The molecule has 0 spiro atoms. The number of rotatable bonds is 7. The van der Waals surface area contributed by atoms with E-state index in [-0.39, 0.29) is 5.41 Å². The molecule has 0 bridgehead atoms. The quantitative estimate of drug-likeness (QED) is 0.806. The summed E-state index contributed by atoms with van der Waals surface area (Å²) < 4.78 is 27.0. The first-order valence-electron chi connectivity index (χ1n) is 6.23. The predicted molar refractivity (Wildman–Crippen MR) is 74.2 cm³/mol. The van der Waals surface area contributed by atoms with Gasteiger partial charge in [-0.05, 0) is 37.8 Å². The Hall–Kier alpha value is -0.430. The minimum atomic E-state index is -3.33. The fourth-order valence-electron chi connectivity index (χ4n) is 1.93. The van der Waals surface area contributed by atoms with Crippen LogP contribution in [0.4, 0.5) is 0 Å². The van der Waals surface area contributed by atoms with Crippen LogP contribution in [0, 0.1) is 5.41 Å². The third kappa shape index (κ3) is 3.12. The maximum absolute atomic E-state index is 12.1. The molecule has 1 aromatic heterocycles. The van der Waals surface area contributed by atoms with Crippen LogP contribution in [0.1, 0.15) is 31.1 Å². The molecule has 1 aromatic rings. The molecule has 102 valence electrons. The zero-order valence-electron chi connectivity index (χ0n) is 10.8.